The van der Waals surface area contributed by atoms with Crippen LogP contribution in [0, 0.1) is 0 Å². The number of methoxy groups -OCH3 is 2. The number of hydrogen-bond donors (Lipinski definition) is 1. The van der Waals surface area contributed by atoms with Gasteiger partial charge >= 0.3 is 0 Å². The van der Waals surface area contributed by atoms with Crippen molar-refractivity contribution in [2.45, 2.75) is 15.5 Å². The Morgan fingerprint density at radius 3 is 2.25 bits per heavy atom. The maximum Gasteiger partial charge on any atom is 0.262 e. The summed E-state index contributed by atoms with van der Waals surface area (Å²) in [6, 6.07) is 21.9. The van der Waals surface area contributed by atoms with Crippen LogP contribution in [0.1, 0.15) is 5.56 Å². The molecule has 0 fully saturated rings. The lowest BCUT2D eigenvalue weighted by molar-refractivity contribution is 0.354. The SMILES string of the molecule is COc1ccc(S(=O)(=O)Nc2ccccc2SCc2ccccc2)cc1OC. The molecule has 0 aliphatic rings. The van der Waals surface area contributed by atoms with Gasteiger partial charge in [0.05, 0.1) is 24.8 Å². The summed E-state index contributed by atoms with van der Waals surface area (Å²) in [5, 5.41) is 0. The van der Waals surface area contributed by atoms with Crippen LogP contribution in [0.15, 0.2) is 82.6 Å². The quantitative estimate of drug-likeness (QED) is 0.536. The Hall–Kier alpha value is -2.64. The van der Waals surface area contributed by atoms with Crippen molar-refractivity contribution in [3.8, 4) is 11.5 Å². The van der Waals surface area contributed by atoms with Crippen LogP contribution >= 0.6 is 11.8 Å². The zero-order valence-electron chi connectivity index (χ0n) is 15.6. The first-order chi connectivity index (χ1) is 13.5. The molecule has 0 unspecified atom stereocenters. The third kappa shape index (κ3) is 4.79. The van der Waals surface area contributed by atoms with Crippen molar-refractivity contribution in [1.82, 2.24) is 0 Å². The lowest BCUT2D eigenvalue weighted by atomic mass is 10.2. The van der Waals surface area contributed by atoms with Gasteiger partial charge in [0.25, 0.3) is 10.0 Å². The van der Waals surface area contributed by atoms with Crippen molar-refractivity contribution < 1.29 is 17.9 Å². The number of hydrogen-bond acceptors (Lipinski definition) is 5. The molecule has 3 rings (SSSR count). The highest BCUT2D eigenvalue weighted by Gasteiger charge is 2.18. The summed E-state index contributed by atoms with van der Waals surface area (Å²) in [7, 11) is -0.801. The lowest BCUT2D eigenvalue weighted by Gasteiger charge is -2.14. The molecular formula is C21H21NO4S2. The van der Waals surface area contributed by atoms with E-state index in [2.05, 4.69) is 4.72 Å². The second-order valence-corrected chi connectivity index (χ2v) is 8.59. The smallest absolute Gasteiger partial charge is 0.262 e. The van der Waals surface area contributed by atoms with Crippen LogP contribution in [0.3, 0.4) is 0 Å². The molecule has 3 aromatic rings. The zero-order chi connectivity index (χ0) is 20.0. The normalized spacial score (nSPS) is 11.1. The third-order valence-electron chi connectivity index (χ3n) is 4.03. The summed E-state index contributed by atoms with van der Waals surface area (Å²) in [4.78, 5) is 0.961. The summed E-state index contributed by atoms with van der Waals surface area (Å²) in [6.07, 6.45) is 0. The Balaban J connectivity index is 1.83. The minimum absolute atomic E-state index is 0.105. The largest absolute Gasteiger partial charge is 0.493 e. The van der Waals surface area contributed by atoms with Crippen LogP contribution in [0.4, 0.5) is 5.69 Å². The molecule has 0 radical (unpaired) electrons. The van der Waals surface area contributed by atoms with Crippen LogP contribution in [-0.4, -0.2) is 22.6 Å². The Kier molecular flexibility index (Phi) is 6.49. The van der Waals surface area contributed by atoms with Gasteiger partial charge in [-0.2, -0.15) is 0 Å². The van der Waals surface area contributed by atoms with Crippen molar-refractivity contribution in [1.29, 1.82) is 0 Å². The molecule has 3 aromatic carbocycles. The van der Waals surface area contributed by atoms with Crippen LogP contribution in [0.5, 0.6) is 11.5 Å². The summed E-state index contributed by atoms with van der Waals surface area (Å²) in [5.74, 6) is 1.58. The predicted octanol–water partition coefficient (Wildman–Crippen LogP) is 4.80. The lowest BCUT2D eigenvalue weighted by Crippen LogP contribution is -2.13. The molecular weight excluding hydrogens is 394 g/mol. The first kappa shape index (κ1) is 20.1. The van der Waals surface area contributed by atoms with Gasteiger partial charge < -0.3 is 9.47 Å². The van der Waals surface area contributed by atoms with E-state index in [4.69, 9.17) is 9.47 Å². The molecule has 0 atom stereocenters. The second-order valence-electron chi connectivity index (χ2n) is 5.89. The Labute approximate surface area is 169 Å². The van der Waals surface area contributed by atoms with E-state index in [0.717, 1.165) is 10.6 Å². The number of para-hydroxylation sites is 1. The van der Waals surface area contributed by atoms with Crippen molar-refractivity contribution in [3.05, 3.63) is 78.4 Å². The number of anilines is 1. The zero-order valence-corrected chi connectivity index (χ0v) is 17.2. The van der Waals surface area contributed by atoms with Crippen LogP contribution in [-0.2, 0) is 15.8 Å². The molecule has 0 amide bonds. The molecule has 0 aromatic heterocycles. The summed E-state index contributed by atoms with van der Waals surface area (Å²) >= 11 is 1.58. The van der Waals surface area contributed by atoms with Gasteiger partial charge in [0.15, 0.2) is 11.5 Å². The van der Waals surface area contributed by atoms with E-state index in [1.165, 1.54) is 31.9 Å². The maximum atomic E-state index is 12.9. The molecule has 0 bridgehead atoms. The molecule has 7 heteroatoms. The first-order valence-electron chi connectivity index (χ1n) is 8.54. The van der Waals surface area contributed by atoms with Gasteiger partial charge in [-0.05, 0) is 29.8 Å². The van der Waals surface area contributed by atoms with Crippen molar-refractivity contribution in [2.24, 2.45) is 0 Å². The fourth-order valence-corrected chi connectivity index (χ4v) is 4.72. The Morgan fingerprint density at radius 1 is 0.857 bits per heavy atom. The van der Waals surface area contributed by atoms with E-state index in [-0.39, 0.29) is 4.90 Å². The minimum atomic E-state index is -3.78. The van der Waals surface area contributed by atoms with Gasteiger partial charge in [0, 0.05) is 16.7 Å². The molecule has 5 nitrogen and oxygen atoms in total. The summed E-state index contributed by atoms with van der Waals surface area (Å²) in [6.45, 7) is 0. The van der Waals surface area contributed by atoms with E-state index in [1.54, 1.807) is 30.0 Å². The summed E-state index contributed by atoms with van der Waals surface area (Å²) < 4.78 is 38.8. The van der Waals surface area contributed by atoms with Crippen LogP contribution < -0.4 is 14.2 Å². The number of thioether (sulfide) groups is 1. The highest BCUT2D eigenvalue weighted by atomic mass is 32.2. The van der Waals surface area contributed by atoms with E-state index in [1.807, 2.05) is 42.5 Å². The molecule has 146 valence electrons. The van der Waals surface area contributed by atoms with E-state index in [0.29, 0.717) is 17.2 Å². The highest BCUT2D eigenvalue weighted by molar-refractivity contribution is 7.98. The highest BCUT2D eigenvalue weighted by Crippen LogP contribution is 2.33. The summed E-state index contributed by atoms with van der Waals surface area (Å²) in [5.41, 5.74) is 1.71. The van der Waals surface area contributed by atoms with Gasteiger partial charge in [-0.25, -0.2) is 8.42 Å². The van der Waals surface area contributed by atoms with E-state index < -0.39 is 10.0 Å². The van der Waals surface area contributed by atoms with Crippen molar-refractivity contribution in [2.75, 3.05) is 18.9 Å². The Morgan fingerprint density at radius 2 is 1.54 bits per heavy atom. The molecule has 0 spiro atoms. The topological polar surface area (TPSA) is 64.6 Å². The minimum Gasteiger partial charge on any atom is -0.493 e. The molecule has 0 aliphatic heterocycles. The number of sulfonamides is 1. The van der Waals surface area contributed by atoms with Gasteiger partial charge in [-0.15, -0.1) is 11.8 Å². The van der Waals surface area contributed by atoms with E-state index >= 15 is 0 Å². The fraction of sp³-hybridized carbons (Fsp3) is 0.143. The van der Waals surface area contributed by atoms with Crippen LogP contribution in [0.2, 0.25) is 0 Å². The van der Waals surface area contributed by atoms with E-state index in [9.17, 15) is 8.42 Å². The molecule has 0 heterocycles. The standard InChI is InChI=1S/C21H21NO4S2/c1-25-19-13-12-17(14-20(19)26-2)28(23,24)22-18-10-6-7-11-21(18)27-15-16-8-4-3-5-9-16/h3-14,22H,15H2,1-2H3. The molecule has 0 aliphatic carbocycles. The van der Waals surface area contributed by atoms with Gasteiger partial charge in [-0.1, -0.05) is 42.5 Å². The van der Waals surface area contributed by atoms with Crippen molar-refractivity contribution in [3.63, 3.8) is 0 Å². The predicted molar refractivity (Wildman–Crippen MR) is 113 cm³/mol. The van der Waals surface area contributed by atoms with Gasteiger partial charge in [0.2, 0.25) is 0 Å². The Bertz CT molecular complexity index is 1040. The molecule has 1 N–H and O–H groups in total. The molecule has 0 saturated carbocycles. The molecule has 28 heavy (non-hydrogen) atoms. The number of nitrogens with one attached hydrogen (secondary N) is 1. The number of ether oxygens (including phenoxy) is 2. The maximum absolute atomic E-state index is 12.9. The van der Waals surface area contributed by atoms with Gasteiger partial charge in [0.1, 0.15) is 0 Å². The molecule has 0 saturated heterocycles. The number of benzene rings is 3. The third-order valence-corrected chi connectivity index (χ3v) is 6.54. The van der Waals surface area contributed by atoms with Crippen molar-refractivity contribution >= 4 is 27.5 Å². The fourth-order valence-electron chi connectivity index (χ4n) is 2.60. The average Bonchev–Trinajstić information content (AvgIpc) is 2.73. The number of rotatable bonds is 8. The first-order valence-corrected chi connectivity index (χ1v) is 11.0. The van der Waals surface area contributed by atoms with Gasteiger partial charge in [-0.3, -0.25) is 4.72 Å². The monoisotopic (exact) mass is 415 g/mol. The van der Waals surface area contributed by atoms with Crippen LogP contribution in [0.25, 0.3) is 0 Å². The average molecular weight is 416 g/mol. The second kappa shape index (κ2) is 9.03.